The van der Waals surface area contributed by atoms with Gasteiger partial charge in [0.05, 0.1) is 22.1 Å². The lowest BCUT2D eigenvalue weighted by Crippen LogP contribution is -2.19. The van der Waals surface area contributed by atoms with Crippen LogP contribution in [-0.2, 0) is 4.79 Å². The Balaban J connectivity index is 1.74. The van der Waals surface area contributed by atoms with Crippen LogP contribution in [0, 0.1) is 10.1 Å². The molecule has 0 aliphatic carbocycles. The third-order valence-corrected chi connectivity index (χ3v) is 4.34. The number of carbonyl (C=O) groups excluding carboxylic acids is 1. The topological polar surface area (TPSA) is 93.8 Å². The summed E-state index contributed by atoms with van der Waals surface area (Å²) in [6.07, 6.45) is 1.67. The van der Waals surface area contributed by atoms with Gasteiger partial charge < -0.3 is 10.1 Å². The smallest absolute Gasteiger partial charge is 0.269 e. The van der Waals surface area contributed by atoms with E-state index < -0.39 is 4.92 Å². The van der Waals surface area contributed by atoms with Gasteiger partial charge in [-0.1, -0.05) is 0 Å². The van der Waals surface area contributed by atoms with Crippen molar-refractivity contribution >= 4 is 40.3 Å². The molecule has 0 saturated carbocycles. The number of benzene rings is 2. The number of nitro groups is 1. The number of amidine groups is 1. The highest BCUT2D eigenvalue weighted by molar-refractivity contribution is 8.18. The molecule has 0 bridgehead atoms. The Hall–Kier alpha value is -3.13. The minimum Gasteiger partial charge on any atom is -0.494 e. The van der Waals surface area contributed by atoms with Gasteiger partial charge in [-0.15, -0.1) is 0 Å². The second kappa shape index (κ2) is 7.83. The first kappa shape index (κ1) is 17.7. The van der Waals surface area contributed by atoms with E-state index in [4.69, 9.17) is 4.74 Å². The van der Waals surface area contributed by atoms with Gasteiger partial charge in [0.2, 0.25) is 0 Å². The molecule has 3 rings (SSSR count). The van der Waals surface area contributed by atoms with Gasteiger partial charge in [0.25, 0.3) is 11.6 Å². The summed E-state index contributed by atoms with van der Waals surface area (Å²) in [7, 11) is 0. The zero-order valence-corrected chi connectivity index (χ0v) is 14.7. The first-order valence-electron chi connectivity index (χ1n) is 7.82. The predicted molar refractivity (Wildman–Crippen MR) is 102 cm³/mol. The molecule has 1 heterocycles. The number of nitro benzene ring substituents is 1. The monoisotopic (exact) mass is 369 g/mol. The van der Waals surface area contributed by atoms with Crippen LogP contribution in [0.2, 0.25) is 0 Å². The van der Waals surface area contributed by atoms with Gasteiger partial charge in [-0.2, -0.15) is 0 Å². The first-order valence-corrected chi connectivity index (χ1v) is 8.63. The minimum absolute atomic E-state index is 0.00780. The number of ether oxygens (including phenoxy) is 1. The van der Waals surface area contributed by atoms with Crippen molar-refractivity contribution in [3.63, 3.8) is 0 Å². The standard InChI is InChI=1S/C18H15N3O4S/c1-2-25-15-9-5-13(6-10-15)19-18-20-17(22)16(26-18)11-12-3-7-14(8-4-12)21(23)24/h3-11H,2H2,1H3,(H,19,20,22). The molecule has 1 N–H and O–H groups in total. The number of aliphatic imine (C=N–C) groups is 1. The summed E-state index contributed by atoms with van der Waals surface area (Å²) in [5, 5.41) is 13.9. The van der Waals surface area contributed by atoms with E-state index in [9.17, 15) is 14.9 Å². The number of nitrogens with one attached hydrogen (secondary N) is 1. The number of thioether (sulfide) groups is 1. The molecule has 0 aromatic heterocycles. The van der Waals surface area contributed by atoms with Crippen LogP contribution in [0.25, 0.3) is 6.08 Å². The van der Waals surface area contributed by atoms with Crippen LogP contribution in [0.5, 0.6) is 5.75 Å². The number of nitrogens with zero attached hydrogens (tertiary/aromatic N) is 2. The minimum atomic E-state index is -0.463. The van der Waals surface area contributed by atoms with Gasteiger partial charge in [-0.05, 0) is 66.7 Å². The summed E-state index contributed by atoms with van der Waals surface area (Å²) in [5.41, 5.74) is 1.41. The van der Waals surface area contributed by atoms with E-state index in [0.717, 1.165) is 5.75 Å². The van der Waals surface area contributed by atoms with E-state index in [1.54, 1.807) is 18.2 Å². The van der Waals surface area contributed by atoms with Crippen molar-refractivity contribution in [1.82, 2.24) is 5.32 Å². The van der Waals surface area contributed by atoms with E-state index in [-0.39, 0.29) is 11.6 Å². The van der Waals surface area contributed by atoms with Crippen molar-refractivity contribution in [3.8, 4) is 5.75 Å². The molecule has 0 radical (unpaired) electrons. The highest BCUT2D eigenvalue weighted by Crippen LogP contribution is 2.29. The van der Waals surface area contributed by atoms with Crippen LogP contribution >= 0.6 is 11.8 Å². The lowest BCUT2D eigenvalue weighted by molar-refractivity contribution is -0.384. The molecule has 1 fully saturated rings. The van der Waals surface area contributed by atoms with E-state index in [0.29, 0.717) is 27.9 Å². The highest BCUT2D eigenvalue weighted by atomic mass is 32.2. The summed E-state index contributed by atoms with van der Waals surface area (Å²) in [4.78, 5) is 27.2. The molecule has 0 atom stereocenters. The Morgan fingerprint density at radius 1 is 1.19 bits per heavy atom. The molecule has 1 saturated heterocycles. The maximum absolute atomic E-state index is 12.1. The van der Waals surface area contributed by atoms with Gasteiger partial charge in [0, 0.05) is 12.1 Å². The molecule has 132 valence electrons. The molecule has 0 spiro atoms. The summed E-state index contributed by atoms with van der Waals surface area (Å²) in [6.45, 7) is 2.51. The van der Waals surface area contributed by atoms with Crippen molar-refractivity contribution in [2.24, 2.45) is 4.99 Å². The molecule has 7 nitrogen and oxygen atoms in total. The van der Waals surface area contributed by atoms with Crippen LogP contribution < -0.4 is 10.1 Å². The Morgan fingerprint density at radius 2 is 1.88 bits per heavy atom. The van der Waals surface area contributed by atoms with E-state index >= 15 is 0 Å². The number of rotatable bonds is 5. The largest absolute Gasteiger partial charge is 0.494 e. The predicted octanol–water partition coefficient (Wildman–Crippen LogP) is 3.89. The Labute approximate surface area is 153 Å². The normalized spacial score (nSPS) is 16.7. The van der Waals surface area contributed by atoms with Crippen molar-refractivity contribution in [2.45, 2.75) is 6.92 Å². The molecule has 1 aliphatic rings. The van der Waals surface area contributed by atoms with Gasteiger partial charge >= 0.3 is 0 Å². The van der Waals surface area contributed by atoms with Gasteiger partial charge in [-0.25, -0.2) is 4.99 Å². The zero-order valence-electron chi connectivity index (χ0n) is 13.8. The lowest BCUT2D eigenvalue weighted by Gasteiger charge is -2.02. The maximum atomic E-state index is 12.1. The first-order chi connectivity index (χ1) is 12.5. The third-order valence-electron chi connectivity index (χ3n) is 3.43. The molecule has 1 amide bonds. The van der Waals surface area contributed by atoms with Crippen molar-refractivity contribution in [2.75, 3.05) is 6.61 Å². The van der Waals surface area contributed by atoms with Crippen LogP contribution in [0.15, 0.2) is 58.4 Å². The molecular weight excluding hydrogens is 354 g/mol. The SMILES string of the molecule is CCOc1ccc(N=C2NC(=O)C(=Cc3ccc([N+](=O)[O-])cc3)S2)cc1. The summed E-state index contributed by atoms with van der Waals surface area (Å²) in [5.74, 6) is 0.511. The number of carbonyl (C=O) groups is 1. The van der Waals surface area contributed by atoms with E-state index in [1.165, 1.54) is 23.9 Å². The Kier molecular flexibility index (Phi) is 5.33. The molecule has 0 unspecified atom stereocenters. The van der Waals surface area contributed by atoms with Crippen molar-refractivity contribution < 1.29 is 14.5 Å². The molecule has 2 aromatic rings. The fourth-order valence-electron chi connectivity index (χ4n) is 2.22. The van der Waals surface area contributed by atoms with Crippen LogP contribution in [-0.4, -0.2) is 22.6 Å². The fourth-order valence-corrected chi connectivity index (χ4v) is 3.07. The van der Waals surface area contributed by atoms with Gasteiger partial charge in [-0.3, -0.25) is 14.9 Å². The van der Waals surface area contributed by atoms with E-state index in [1.807, 2.05) is 31.2 Å². The number of amides is 1. The Bertz CT molecular complexity index is 890. The van der Waals surface area contributed by atoms with Crippen LogP contribution in [0.4, 0.5) is 11.4 Å². The average molecular weight is 369 g/mol. The second-order valence-electron chi connectivity index (χ2n) is 5.26. The van der Waals surface area contributed by atoms with Crippen LogP contribution in [0.3, 0.4) is 0 Å². The molecule has 2 aromatic carbocycles. The van der Waals surface area contributed by atoms with Crippen molar-refractivity contribution in [3.05, 3.63) is 69.1 Å². The highest BCUT2D eigenvalue weighted by Gasteiger charge is 2.23. The maximum Gasteiger partial charge on any atom is 0.269 e. The zero-order chi connectivity index (χ0) is 18.5. The van der Waals surface area contributed by atoms with Gasteiger partial charge in [0.1, 0.15) is 5.75 Å². The van der Waals surface area contributed by atoms with E-state index in [2.05, 4.69) is 10.3 Å². The lowest BCUT2D eigenvalue weighted by atomic mass is 10.2. The number of hydrogen-bond acceptors (Lipinski definition) is 6. The summed E-state index contributed by atoms with van der Waals surface area (Å²) >= 11 is 1.22. The second-order valence-corrected chi connectivity index (χ2v) is 6.29. The quantitative estimate of drug-likeness (QED) is 0.490. The van der Waals surface area contributed by atoms with Crippen molar-refractivity contribution in [1.29, 1.82) is 0 Å². The molecule has 1 aliphatic heterocycles. The van der Waals surface area contributed by atoms with Crippen LogP contribution in [0.1, 0.15) is 12.5 Å². The molecular formula is C18H15N3O4S. The van der Waals surface area contributed by atoms with Gasteiger partial charge in [0.15, 0.2) is 5.17 Å². The number of non-ortho nitro benzene ring substituents is 1. The fraction of sp³-hybridized carbons (Fsp3) is 0.111. The summed E-state index contributed by atoms with van der Waals surface area (Å²) in [6, 6.07) is 13.3. The third kappa shape index (κ3) is 4.28. The molecule has 26 heavy (non-hydrogen) atoms. The molecule has 8 heteroatoms. The summed E-state index contributed by atoms with van der Waals surface area (Å²) < 4.78 is 5.38. The average Bonchev–Trinajstić information content (AvgIpc) is 2.96. The number of hydrogen-bond donors (Lipinski definition) is 1. The Morgan fingerprint density at radius 3 is 2.50 bits per heavy atom.